The van der Waals surface area contributed by atoms with E-state index in [9.17, 15) is 10.1 Å². The Morgan fingerprint density at radius 2 is 1.88 bits per heavy atom. The Morgan fingerprint density at radius 1 is 1.19 bits per heavy atom. The van der Waals surface area contributed by atoms with E-state index in [1.165, 1.54) is 0 Å². The van der Waals surface area contributed by atoms with Crippen LogP contribution in [0.3, 0.4) is 0 Å². The number of nitro groups is 1. The molecular formula is C18H20N6O2. The van der Waals surface area contributed by atoms with Crippen molar-refractivity contribution >= 4 is 17.3 Å². The number of para-hydroxylation sites is 1. The summed E-state index contributed by atoms with van der Waals surface area (Å²) in [6, 6.07) is 9.62. The molecule has 8 heteroatoms. The van der Waals surface area contributed by atoms with Gasteiger partial charge in [-0.2, -0.15) is 0 Å². The number of benzene rings is 1. The van der Waals surface area contributed by atoms with Crippen molar-refractivity contribution in [2.24, 2.45) is 0 Å². The van der Waals surface area contributed by atoms with Gasteiger partial charge in [-0.3, -0.25) is 10.1 Å². The van der Waals surface area contributed by atoms with E-state index in [0.717, 1.165) is 5.69 Å². The first-order chi connectivity index (χ1) is 12.4. The predicted molar refractivity (Wildman–Crippen MR) is 99.6 cm³/mol. The average Bonchev–Trinajstić information content (AvgIpc) is 3.06. The summed E-state index contributed by atoms with van der Waals surface area (Å²) in [5.74, 6) is 0.925. The molecule has 3 rings (SSSR count). The lowest BCUT2D eigenvalue weighted by atomic mass is 10.1. The quantitative estimate of drug-likeness (QED) is 0.550. The van der Waals surface area contributed by atoms with Crippen LogP contribution in [0.1, 0.15) is 31.3 Å². The third-order valence-electron chi connectivity index (χ3n) is 4.03. The molecule has 0 aliphatic heterocycles. The number of anilines is 2. The van der Waals surface area contributed by atoms with E-state index >= 15 is 0 Å². The molecule has 2 aromatic heterocycles. The molecule has 0 aliphatic carbocycles. The van der Waals surface area contributed by atoms with Gasteiger partial charge in [-0.25, -0.2) is 15.0 Å². The van der Waals surface area contributed by atoms with Gasteiger partial charge in [-0.1, -0.05) is 32.0 Å². The Morgan fingerprint density at radius 3 is 2.42 bits per heavy atom. The second kappa shape index (κ2) is 6.91. The number of aryl methyl sites for hydroxylation is 1. The molecule has 0 bridgehead atoms. The number of rotatable bonds is 5. The minimum atomic E-state index is -0.423. The van der Waals surface area contributed by atoms with Gasteiger partial charge in [0.25, 0.3) is 0 Å². The maximum absolute atomic E-state index is 11.8. The van der Waals surface area contributed by atoms with Gasteiger partial charge < -0.3 is 9.88 Å². The molecule has 26 heavy (non-hydrogen) atoms. The van der Waals surface area contributed by atoms with Crippen molar-refractivity contribution in [2.45, 2.75) is 26.7 Å². The van der Waals surface area contributed by atoms with Crippen molar-refractivity contribution < 1.29 is 4.92 Å². The highest BCUT2D eigenvalue weighted by atomic mass is 16.6. The van der Waals surface area contributed by atoms with Crippen LogP contribution < -0.4 is 4.90 Å². The minimum absolute atomic E-state index is 0.0890. The van der Waals surface area contributed by atoms with Crippen molar-refractivity contribution in [2.75, 3.05) is 11.9 Å². The number of hydrogen-bond donors (Lipinski definition) is 1. The summed E-state index contributed by atoms with van der Waals surface area (Å²) in [6.45, 7) is 5.55. The van der Waals surface area contributed by atoms with Crippen LogP contribution in [0.4, 0.5) is 17.3 Å². The van der Waals surface area contributed by atoms with Crippen LogP contribution in [0, 0.1) is 17.0 Å². The van der Waals surface area contributed by atoms with E-state index in [1.807, 2.05) is 56.1 Å². The van der Waals surface area contributed by atoms with Crippen molar-refractivity contribution in [1.82, 2.24) is 19.9 Å². The molecule has 0 unspecified atom stereocenters. The van der Waals surface area contributed by atoms with Crippen molar-refractivity contribution in [1.29, 1.82) is 0 Å². The summed E-state index contributed by atoms with van der Waals surface area (Å²) in [5, 5.41) is 11.8. The number of nitrogens with one attached hydrogen (secondary N) is 1. The van der Waals surface area contributed by atoms with Crippen LogP contribution in [0.15, 0.2) is 36.5 Å². The molecule has 0 fully saturated rings. The van der Waals surface area contributed by atoms with Crippen LogP contribution >= 0.6 is 0 Å². The molecule has 0 saturated carbocycles. The SMILES string of the molecule is Cc1ncc(-c2nc(N(C)c3ccccc3)nc(C(C)C)c2[N+](=O)[O-])[nH]1. The summed E-state index contributed by atoms with van der Waals surface area (Å²) < 4.78 is 0. The number of nitrogens with zero attached hydrogens (tertiary/aromatic N) is 5. The lowest BCUT2D eigenvalue weighted by Gasteiger charge is -2.19. The van der Waals surface area contributed by atoms with Crippen LogP contribution in [-0.4, -0.2) is 31.9 Å². The molecule has 0 atom stereocenters. The number of hydrogen-bond acceptors (Lipinski definition) is 6. The van der Waals surface area contributed by atoms with Gasteiger partial charge in [0, 0.05) is 18.7 Å². The third-order valence-corrected chi connectivity index (χ3v) is 4.03. The lowest BCUT2D eigenvalue weighted by molar-refractivity contribution is -0.385. The first kappa shape index (κ1) is 17.5. The first-order valence-electron chi connectivity index (χ1n) is 8.25. The first-order valence-corrected chi connectivity index (χ1v) is 8.25. The Kier molecular flexibility index (Phi) is 4.66. The zero-order valence-electron chi connectivity index (χ0n) is 15.1. The van der Waals surface area contributed by atoms with Gasteiger partial charge in [0.15, 0.2) is 5.69 Å². The average molecular weight is 352 g/mol. The Hall–Kier alpha value is -3.29. The molecule has 134 valence electrons. The molecule has 1 N–H and O–H groups in total. The van der Waals surface area contributed by atoms with Gasteiger partial charge in [0.2, 0.25) is 5.95 Å². The van der Waals surface area contributed by atoms with Crippen molar-refractivity contribution in [3.05, 3.63) is 58.2 Å². The van der Waals surface area contributed by atoms with E-state index in [1.54, 1.807) is 13.1 Å². The number of aromatic nitrogens is 4. The molecule has 0 spiro atoms. The van der Waals surface area contributed by atoms with Crippen molar-refractivity contribution in [3.8, 4) is 11.4 Å². The molecule has 0 saturated heterocycles. The highest BCUT2D eigenvalue weighted by Crippen LogP contribution is 2.35. The standard InChI is InChI=1S/C18H20N6O2/c1-11(2)15-17(24(25)26)16(14-10-19-12(3)20-14)22-18(21-15)23(4)13-8-6-5-7-9-13/h5-11H,1-4H3,(H,19,20). The van der Waals surface area contributed by atoms with E-state index in [4.69, 9.17) is 0 Å². The minimum Gasteiger partial charge on any atom is -0.341 e. The molecule has 0 aliphatic rings. The van der Waals surface area contributed by atoms with Gasteiger partial charge >= 0.3 is 5.69 Å². The smallest absolute Gasteiger partial charge is 0.318 e. The summed E-state index contributed by atoms with van der Waals surface area (Å²) in [6.07, 6.45) is 1.56. The second-order valence-corrected chi connectivity index (χ2v) is 6.29. The van der Waals surface area contributed by atoms with Crippen molar-refractivity contribution in [3.63, 3.8) is 0 Å². The largest absolute Gasteiger partial charge is 0.341 e. The summed E-state index contributed by atoms with van der Waals surface area (Å²) in [5.41, 5.74) is 1.94. The van der Waals surface area contributed by atoms with E-state index < -0.39 is 4.92 Å². The van der Waals surface area contributed by atoms with E-state index in [-0.39, 0.29) is 17.3 Å². The van der Waals surface area contributed by atoms with Gasteiger partial charge in [-0.05, 0) is 19.1 Å². The number of H-pyrrole nitrogens is 1. The lowest BCUT2D eigenvalue weighted by Crippen LogP contribution is -2.16. The third kappa shape index (κ3) is 3.26. The fourth-order valence-electron chi connectivity index (χ4n) is 2.69. The van der Waals surface area contributed by atoms with Crippen LogP contribution in [-0.2, 0) is 0 Å². The van der Waals surface area contributed by atoms with E-state index in [2.05, 4.69) is 19.9 Å². The normalized spacial score (nSPS) is 11.0. The summed E-state index contributed by atoms with van der Waals surface area (Å²) >= 11 is 0. The number of aromatic amines is 1. The Bertz CT molecular complexity index is 936. The van der Waals surface area contributed by atoms with Gasteiger partial charge in [0.1, 0.15) is 11.5 Å². The van der Waals surface area contributed by atoms with Crippen LogP contribution in [0.25, 0.3) is 11.4 Å². The maximum atomic E-state index is 11.8. The fourth-order valence-corrected chi connectivity index (χ4v) is 2.69. The highest BCUT2D eigenvalue weighted by Gasteiger charge is 2.29. The topological polar surface area (TPSA) is 101 Å². The Labute approximate surface area is 151 Å². The zero-order chi connectivity index (χ0) is 18.8. The second-order valence-electron chi connectivity index (χ2n) is 6.29. The molecule has 2 heterocycles. The van der Waals surface area contributed by atoms with Crippen LogP contribution in [0.5, 0.6) is 0 Å². The fraction of sp³-hybridized carbons (Fsp3) is 0.278. The predicted octanol–water partition coefficient (Wildman–Crippen LogP) is 3.97. The molecule has 3 aromatic rings. The van der Waals surface area contributed by atoms with Gasteiger partial charge in [-0.15, -0.1) is 0 Å². The molecule has 0 radical (unpaired) electrons. The summed E-state index contributed by atoms with van der Waals surface area (Å²) in [7, 11) is 1.84. The number of imidazole rings is 1. The van der Waals surface area contributed by atoms with Crippen LogP contribution in [0.2, 0.25) is 0 Å². The van der Waals surface area contributed by atoms with E-state index in [0.29, 0.717) is 23.2 Å². The molecule has 0 amide bonds. The maximum Gasteiger partial charge on any atom is 0.318 e. The molecule has 1 aromatic carbocycles. The summed E-state index contributed by atoms with van der Waals surface area (Å²) in [4.78, 5) is 29.3. The molecule has 8 nitrogen and oxygen atoms in total. The van der Waals surface area contributed by atoms with Gasteiger partial charge in [0.05, 0.1) is 16.8 Å². The zero-order valence-corrected chi connectivity index (χ0v) is 15.1. The Balaban J connectivity index is 2.24. The highest BCUT2D eigenvalue weighted by molar-refractivity contribution is 5.71. The molecular weight excluding hydrogens is 332 g/mol. The monoisotopic (exact) mass is 352 g/mol.